The van der Waals surface area contributed by atoms with Gasteiger partial charge < -0.3 is 5.11 Å². The quantitative estimate of drug-likeness (QED) is 0.772. The molecule has 0 saturated heterocycles. The first-order chi connectivity index (χ1) is 10.6. The summed E-state index contributed by atoms with van der Waals surface area (Å²) in [6.45, 7) is 0. The van der Waals surface area contributed by atoms with Crippen molar-refractivity contribution in [2.75, 3.05) is 0 Å². The lowest BCUT2D eigenvalue weighted by Crippen LogP contribution is -1.99. The molecule has 0 aliphatic carbocycles. The molecule has 0 aliphatic heterocycles. The van der Waals surface area contributed by atoms with Crippen molar-refractivity contribution < 1.29 is 18.7 Å². The lowest BCUT2D eigenvalue weighted by Gasteiger charge is -2.07. The molecule has 1 aromatic heterocycles. The SMILES string of the molecule is O=C(O)c1cccc2ccc(-c3cccc(C(F)F)c3)nc12. The van der Waals surface area contributed by atoms with E-state index in [1.807, 2.05) is 0 Å². The zero-order chi connectivity index (χ0) is 15.7. The molecule has 5 heteroatoms. The fourth-order valence-corrected chi connectivity index (χ4v) is 2.31. The number of rotatable bonds is 3. The Morgan fingerprint density at radius 2 is 1.82 bits per heavy atom. The van der Waals surface area contributed by atoms with Gasteiger partial charge in [-0.1, -0.05) is 36.4 Å². The Morgan fingerprint density at radius 1 is 1.05 bits per heavy atom. The number of carbonyl (C=O) groups is 1. The van der Waals surface area contributed by atoms with Crippen LogP contribution in [-0.4, -0.2) is 16.1 Å². The van der Waals surface area contributed by atoms with Crippen LogP contribution in [0.5, 0.6) is 0 Å². The highest BCUT2D eigenvalue weighted by Crippen LogP contribution is 2.27. The molecule has 1 N–H and O–H groups in total. The number of benzene rings is 2. The van der Waals surface area contributed by atoms with Crippen molar-refractivity contribution in [3.05, 3.63) is 65.7 Å². The molecule has 0 bridgehead atoms. The first kappa shape index (κ1) is 14.1. The number of fused-ring (bicyclic) bond motifs is 1. The molecular weight excluding hydrogens is 288 g/mol. The lowest BCUT2D eigenvalue weighted by molar-refractivity contribution is 0.0699. The second kappa shape index (κ2) is 5.52. The average molecular weight is 299 g/mol. The fraction of sp³-hybridized carbons (Fsp3) is 0.0588. The molecule has 22 heavy (non-hydrogen) atoms. The summed E-state index contributed by atoms with van der Waals surface area (Å²) in [6, 6.07) is 14.2. The van der Waals surface area contributed by atoms with Gasteiger partial charge in [0.2, 0.25) is 0 Å². The molecule has 0 atom stereocenters. The third kappa shape index (κ3) is 2.53. The van der Waals surface area contributed by atoms with Gasteiger partial charge >= 0.3 is 5.97 Å². The molecular formula is C17H11F2NO2. The van der Waals surface area contributed by atoms with Gasteiger partial charge in [0.05, 0.1) is 16.8 Å². The molecule has 0 amide bonds. The summed E-state index contributed by atoms with van der Waals surface area (Å²) < 4.78 is 25.6. The van der Waals surface area contributed by atoms with Crippen LogP contribution >= 0.6 is 0 Å². The Hall–Kier alpha value is -2.82. The highest BCUT2D eigenvalue weighted by molar-refractivity contribution is 6.02. The monoisotopic (exact) mass is 299 g/mol. The van der Waals surface area contributed by atoms with Crippen LogP contribution in [0.25, 0.3) is 22.2 Å². The minimum absolute atomic E-state index is 0.0874. The highest BCUT2D eigenvalue weighted by Gasteiger charge is 2.12. The second-order valence-corrected chi connectivity index (χ2v) is 4.81. The number of alkyl halides is 2. The standard InChI is InChI=1S/C17H11F2NO2/c18-16(19)12-5-1-4-11(9-12)14-8-7-10-3-2-6-13(17(21)22)15(10)20-14/h1-9,16H,(H,21,22). The van der Waals surface area contributed by atoms with E-state index in [4.69, 9.17) is 0 Å². The van der Waals surface area contributed by atoms with Crippen molar-refractivity contribution in [2.45, 2.75) is 6.43 Å². The van der Waals surface area contributed by atoms with Crippen molar-refractivity contribution in [1.82, 2.24) is 4.98 Å². The van der Waals surface area contributed by atoms with Crippen LogP contribution in [0.15, 0.2) is 54.6 Å². The van der Waals surface area contributed by atoms with E-state index in [1.54, 1.807) is 30.3 Å². The number of aromatic carboxylic acids is 1. The summed E-state index contributed by atoms with van der Waals surface area (Å²) in [6.07, 6.45) is -2.56. The number of nitrogens with zero attached hydrogens (tertiary/aromatic N) is 1. The molecule has 0 aliphatic rings. The molecule has 0 unspecified atom stereocenters. The minimum Gasteiger partial charge on any atom is -0.478 e. The molecule has 3 nitrogen and oxygen atoms in total. The Balaban J connectivity index is 2.18. The maximum Gasteiger partial charge on any atom is 0.337 e. The van der Waals surface area contributed by atoms with Gasteiger partial charge in [0, 0.05) is 16.5 Å². The van der Waals surface area contributed by atoms with Crippen LogP contribution in [0.2, 0.25) is 0 Å². The molecule has 0 saturated carbocycles. The third-order valence-electron chi connectivity index (χ3n) is 3.39. The molecule has 0 fully saturated rings. The number of aromatic nitrogens is 1. The summed E-state index contributed by atoms with van der Waals surface area (Å²) in [5.41, 5.74) is 1.33. The summed E-state index contributed by atoms with van der Waals surface area (Å²) >= 11 is 0. The first-order valence-electron chi connectivity index (χ1n) is 6.58. The van der Waals surface area contributed by atoms with Crippen LogP contribution in [0.3, 0.4) is 0 Å². The van der Waals surface area contributed by atoms with Crippen molar-refractivity contribution in [1.29, 1.82) is 0 Å². The van der Waals surface area contributed by atoms with Gasteiger partial charge in [0.25, 0.3) is 6.43 Å². The maximum atomic E-state index is 12.8. The summed E-state index contributed by atoms with van der Waals surface area (Å²) in [5.74, 6) is -1.07. The van der Waals surface area contributed by atoms with E-state index in [9.17, 15) is 18.7 Å². The molecule has 3 rings (SSSR count). The van der Waals surface area contributed by atoms with Crippen LogP contribution in [0.1, 0.15) is 22.3 Å². The molecule has 1 heterocycles. The van der Waals surface area contributed by atoms with E-state index in [0.29, 0.717) is 22.2 Å². The van der Waals surface area contributed by atoms with Crippen molar-refractivity contribution in [3.63, 3.8) is 0 Å². The number of hydrogen-bond donors (Lipinski definition) is 1. The summed E-state index contributed by atoms with van der Waals surface area (Å²) in [4.78, 5) is 15.6. The predicted octanol–water partition coefficient (Wildman–Crippen LogP) is 4.54. The number of carboxylic acid groups (broad SMARTS) is 1. The van der Waals surface area contributed by atoms with Crippen LogP contribution in [-0.2, 0) is 0 Å². The van der Waals surface area contributed by atoms with Crippen molar-refractivity contribution >= 4 is 16.9 Å². The zero-order valence-electron chi connectivity index (χ0n) is 11.3. The van der Waals surface area contributed by atoms with Gasteiger partial charge in [0.1, 0.15) is 0 Å². The second-order valence-electron chi connectivity index (χ2n) is 4.81. The van der Waals surface area contributed by atoms with E-state index < -0.39 is 12.4 Å². The number of hydrogen-bond acceptors (Lipinski definition) is 2. The highest BCUT2D eigenvalue weighted by atomic mass is 19.3. The minimum atomic E-state index is -2.56. The summed E-state index contributed by atoms with van der Waals surface area (Å²) in [7, 11) is 0. The number of para-hydroxylation sites is 1. The molecule has 110 valence electrons. The van der Waals surface area contributed by atoms with Crippen LogP contribution in [0.4, 0.5) is 8.78 Å². The van der Waals surface area contributed by atoms with Gasteiger partial charge in [-0.3, -0.25) is 0 Å². The number of pyridine rings is 1. The Labute approximate surface area is 124 Å². The van der Waals surface area contributed by atoms with Gasteiger partial charge in [-0.25, -0.2) is 18.6 Å². The van der Waals surface area contributed by atoms with Gasteiger partial charge in [-0.05, 0) is 18.2 Å². The van der Waals surface area contributed by atoms with E-state index >= 15 is 0 Å². The zero-order valence-corrected chi connectivity index (χ0v) is 11.3. The van der Waals surface area contributed by atoms with E-state index in [0.717, 1.165) is 0 Å². The molecule has 0 radical (unpaired) electrons. The number of carboxylic acids is 1. The van der Waals surface area contributed by atoms with Crippen molar-refractivity contribution in [3.8, 4) is 11.3 Å². The van der Waals surface area contributed by atoms with Crippen LogP contribution < -0.4 is 0 Å². The van der Waals surface area contributed by atoms with Gasteiger partial charge in [0.15, 0.2) is 0 Å². The van der Waals surface area contributed by atoms with Crippen molar-refractivity contribution in [2.24, 2.45) is 0 Å². The third-order valence-corrected chi connectivity index (χ3v) is 3.39. The Bertz CT molecular complexity index is 862. The van der Waals surface area contributed by atoms with Gasteiger partial charge in [-0.2, -0.15) is 0 Å². The van der Waals surface area contributed by atoms with Crippen LogP contribution in [0, 0.1) is 0 Å². The number of halogens is 2. The lowest BCUT2D eigenvalue weighted by atomic mass is 10.0. The molecule has 0 spiro atoms. The maximum absolute atomic E-state index is 12.8. The first-order valence-corrected chi connectivity index (χ1v) is 6.58. The average Bonchev–Trinajstić information content (AvgIpc) is 2.53. The normalized spacial score (nSPS) is 11.0. The fourth-order valence-electron chi connectivity index (χ4n) is 2.31. The smallest absolute Gasteiger partial charge is 0.337 e. The topological polar surface area (TPSA) is 50.2 Å². The Morgan fingerprint density at radius 3 is 2.55 bits per heavy atom. The predicted molar refractivity (Wildman–Crippen MR) is 79.1 cm³/mol. The van der Waals surface area contributed by atoms with E-state index in [2.05, 4.69) is 4.98 Å². The summed E-state index contributed by atoms with van der Waals surface area (Å²) in [5, 5.41) is 9.91. The van der Waals surface area contributed by atoms with Gasteiger partial charge in [-0.15, -0.1) is 0 Å². The van der Waals surface area contributed by atoms with E-state index in [1.165, 1.54) is 24.3 Å². The largest absolute Gasteiger partial charge is 0.478 e. The van der Waals surface area contributed by atoms with E-state index in [-0.39, 0.29) is 11.1 Å². The Kier molecular flexibility index (Phi) is 3.55. The molecule has 2 aromatic carbocycles. The molecule has 3 aromatic rings.